The Hall–Kier alpha value is -0.850. The number of nitrogens with zero attached hydrogens (tertiary/aromatic N) is 1. The minimum absolute atomic E-state index is 0. The van der Waals surface area contributed by atoms with E-state index < -0.39 is 0 Å². The zero-order valence-electron chi connectivity index (χ0n) is 13.2. The van der Waals surface area contributed by atoms with Crippen LogP contribution in [0.4, 0.5) is 0 Å². The highest BCUT2D eigenvalue weighted by Gasteiger charge is 2.20. The fourth-order valence-electron chi connectivity index (χ4n) is 2.55. The topological polar surface area (TPSA) is 54.0 Å². The number of hydrogen-bond donors (Lipinski definition) is 2. The number of aromatic nitrogens is 1. The van der Waals surface area contributed by atoms with Gasteiger partial charge in [-0.05, 0) is 38.4 Å². The number of piperidine rings is 1. The highest BCUT2D eigenvalue weighted by molar-refractivity contribution is 7.17. The normalized spacial score (nSPS) is 16.7. The summed E-state index contributed by atoms with van der Waals surface area (Å²) in [6.45, 7) is 3.75. The van der Waals surface area contributed by atoms with Crippen LogP contribution in [0.2, 0.25) is 5.02 Å². The number of amides is 1. The third-order valence-electron chi connectivity index (χ3n) is 3.73. The molecule has 0 spiro atoms. The van der Waals surface area contributed by atoms with Gasteiger partial charge in [-0.1, -0.05) is 23.7 Å². The third kappa shape index (κ3) is 5.07. The van der Waals surface area contributed by atoms with Gasteiger partial charge in [-0.25, -0.2) is 4.98 Å². The van der Waals surface area contributed by atoms with Crippen molar-refractivity contribution >= 4 is 53.7 Å². The van der Waals surface area contributed by atoms with E-state index in [2.05, 4.69) is 15.6 Å². The van der Waals surface area contributed by atoms with Crippen molar-refractivity contribution in [3.8, 4) is 10.6 Å². The molecule has 1 aromatic carbocycles. The van der Waals surface area contributed by atoms with Crippen LogP contribution in [0.25, 0.3) is 10.6 Å². The molecule has 4 nitrogen and oxygen atoms in total. The second kappa shape index (κ2) is 9.59. The van der Waals surface area contributed by atoms with Gasteiger partial charge in [0.25, 0.3) is 5.91 Å². The Morgan fingerprint density at radius 1 is 1.33 bits per heavy atom. The minimum atomic E-state index is -0.0242. The molecule has 0 radical (unpaired) electrons. The van der Waals surface area contributed by atoms with Crippen molar-refractivity contribution in [2.75, 3.05) is 13.1 Å². The van der Waals surface area contributed by atoms with Gasteiger partial charge in [0.1, 0.15) is 9.88 Å². The number of thiazole rings is 1. The summed E-state index contributed by atoms with van der Waals surface area (Å²) >= 11 is 7.34. The monoisotopic (exact) mass is 407 g/mol. The van der Waals surface area contributed by atoms with Crippen LogP contribution in [0.15, 0.2) is 24.3 Å². The molecule has 2 aromatic rings. The van der Waals surface area contributed by atoms with E-state index in [1.807, 2.05) is 31.2 Å². The SMILES string of the molecule is Cc1nc(-c2ccc(Cl)cc2)sc1C(=O)N[C@H]1CCCNC1.Cl.Cl. The quantitative estimate of drug-likeness (QED) is 0.804. The van der Waals surface area contributed by atoms with Crippen LogP contribution in [-0.4, -0.2) is 30.0 Å². The Labute approximate surface area is 163 Å². The standard InChI is InChI=1S/C16H18ClN3OS.2ClH/c1-10-14(15(21)20-13-3-2-8-18-9-13)22-16(19-10)11-4-6-12(17)7-5-11;;/h4-7,13,18H,2-3,8-9H2,1H3,(H,20,21);2*1H/t13-;;/m0../s1. The predicted molar refractivity (Wildman–Crippen MR) is 105 cm³/mol. The molecule has 0 unspecified atom stereocenters. The summed E-state index contributed by atoms with van der Waals surface area (Å²) in [6.07, 6.45) is 2.13. The van der Waals surface area contributed by atoms with E-state index in [1.165, 1.54) is 11.3 Å². The van der Waals surface area contributed by atoms with E-state index in [9.17, 15) is 4.79 Å². The number of hydrogen-bond acceptors (Lipinski definition) is 4. The van der Waals surface area contributed by atoms with Crippen molar-refractivity contribution in [2.24, 2.45) is 0 Å². The maximum absolute atomic E-state index is 12.4. The van der Waals surface area contributed by atoms with Crippen molar-refractivity contribution < 1.29 is 4.79 Å². The Bertz CT molecular complexity index is 670. The minimum Gasteiger partial charge on any atom is -0.347 e. The molecule has 132 valence electrons. The molecule has 1 aromatic heterocycles. The first-order chi connectivity index (χ1) is 10.6. The lowest BCUT2D eigenvalue weighted by Gasteiger charge is -2.23. The van der Waals surface area contributed by atoms with Crippen LogP contribution >= 0.6 is 47.8 Å². The summed E-state index contributed by atoms with van der Waals surface area (Å²) < 4.78 is 0. The zero-order chi connectivity index (χ0) is 15.5. The van der Waals surface area contributed by atoms with Gasteiger partial charge in [0.2, 0.25) is 0 Å². The first kappa shape index (κ1) is 21.2. The third-order valence-corrected chi connectivity index (χ3v) is 5.18. The number of rotatable bonds is 3. The van der Waals surface area contributed by atoms with Crippen molar-refractivity contribution in [1.29, 1.82) is 0 Å². The molecule has 1 amide bonds. The largest absolute Gasteiger partial charge is 0.347 e. The molecule has 2 N–H and O–H groups in total. The maximum atomic E-state index is 12.4. The lowest BCUT2D eigenvalue weighted by molar-refractivity contribution is 0.0934. The Morgan fingerprint density at radius 2 is 2.04 bits per heavy atom. The molecular formula is C16H20Cl3N3OS. The van der Waals surface area contributed by atoms with Crippen LogP contribution in [0.1, 0.15) is 28.2 Å². The van der Waals surface area contributed by atoms with E-state index in [1.54, 1.807) is 0 Å². The highest BCUT2D eigenvalue weighted by Crippen LogP contribution is 2.28. The lowest BCUT2D eigenvalue weighted by Crippen LogP contribution is -2.45. The fourth-order valence-corrected chi connectivity index (χ4v) is 3.65. The number of halogens is 3. The van der Waals surface area contributed by atoms with Gasteiger partial charge in [-0.15, -0.1) is 36.2 Å². The number of benzene rings is 1. The number of carbonyl (C=O) groups excluding carboxylic acids is 1. The van der Waals surface area contributed by atoms with E-state index in [0.717, 1.165) is 42.2 Å². The van der Waals surface area contributed by atoms with Gasteiger partial charge in [0, 0.05) is 23.2 Å². The number of nitrogens with one attached hydrogen (secondary N) is 2. The molecule has 0 aliphatic carbocycles. The molecule has 1 fully saturated rings. The molecule has 1 saturated heterocycles. The van der Waals surface area contributed by atoms with Crippen LogP contribution in [0.5, 0.6) is 0 Å². The fraction of sp³-hybridized carbons (Fsp3) is 0.375. The molecule has 0 bridgehead atoms. The highest BCUT2D eigenvalue weighted by atomic mass is 35.5. The zero-order valence-corrected chi connectivity index (χ0v) is 16.4. The second-order valence-electron chi connectivity index (χ2n) is 5.46. The first-order valence-corrected chi connectivity index (χ1v) is 8.58. The van der Waals surface area contributed by atoms with E-state index in [-0.39, 0.29) is 36.8 Å². The Morgan fingerprint density at radius 3 is 2.67 bits per heavy atom. The smallest absolute Gasteiger partial charge is 0.263 e. The first-order valence-electron chi connectivity index (χ1n) is 7.38. The van der Waals surface area contributed by atoms with Crippen molar-refractivity contribution in [3.63, 3.8) is 0 Å². The second-order valence-corrected chi connectivity index (χ2v) is 6.89. The van der Waals surface area contributed by atoms with Gasteiger partial charge in [0.05, 0.1) is 5.69 Å². The average molecular weight is 409 g/mol. The lowest BCUT2D eigenvalue weighted by atomic mass is 10.1. The molecule has 1 aliphatic heterocycles. The van der Waals surface area contributed by atoms with Crippen molar-refractivity contribution in [1.82, 2.24) is 15.6 Å². The van der Waals surface area contributed by atoms with Crippen molar-refractivity contribution in [3.05, 3.63) is 39.9 Å². The summed E-state index contributed by atoms with van der Waals surface area (Å²) in [5, 5.41) is 7.94. The molecule has 8 heteroatoms. The number of carbonyl (C=O) groups is 1. The van der Waals surface area contributed by atoms with Crippen molar-refractivity contribution in [2.45, 2.75) is 25.8 Å². The summed E-state index contributed by atoms with van der Waals surface area (Å²) in [7, 11) is 0. The number of aryl methyl sites for hydroxylation is 1. The average Bonchev–Trinajstić information content (AvgIpc) is 2.91. The summed E-state index contributed by atoms with van der Waals surface area (Å²) in [5.74, 6) is -0.0242. The molecule has 1 aliphatic rings. The van der Waals surface area contributed by atoms with E-state index in [4.69, 9.17) is 11.6 Å². The maximum Gasteiger partial charge on any atom is 0.263 e. The van der Waals surface area contributed by atoms with Crippen LogP contribution in [0, 0.1) is 6.92 Å². The van der Waals surface area contributed by atoms with Gasteiger partial charge in [-0.2, -0.15) is 0 Å². The molecule has 3 rings (SSSR count). The Kier molecular flexibility index (Phi) is 8.46. The molecule has 1 atom stereocenters. The van der Waals surface area contributed by atoms with E-state index >= 15 is 0 Å². The Balaban J connectivity index is 0.00000144. The molecular weight excluding hydrogens is 389 g/mol. The van der Waals surface area contributed by atoms with Crippen LogP contribution in [-0.2, 0) is 0 Å². The summed E-state index contributed by atoms with van der Waals surface area (Å²) in [6, 6.07) is 7.73. The van der Waals surface area contributed by atoms with E-state index in [0.29, 0.717) is 9.90 Å². The van der Waals surface area contributed by atoms with Crippen LogP contribution in [0.3, 0.4) is 0 Å². The summed E-state index contributed by atoms with van der Waals surface area (Å²) in [5.41, 5.74) is 1.76. The summed E-state index contributed by atoms with van der Waals surface area (Å²) in [4.78, 5) is 17.7. The predicted octanol–water partition coefficient (Wildman–Crippen LogP) is 4.10. The van der Waals surface area contributed by atoms with Gasteiger partial charge in [-0.3, -0.25) is 4.79 Å². The van der Waals surface area contributed by atoms with Crippen LogP contribution < -0.4 is 10.6 Å². The van der Waals surface area contributed by atoms with Gasteiger partial charge < -0.3 is 10.6 Å². The molecule has 2 heterocycles. The molecule has 24 heavy (non-hydrogen) atoms. The van der Waals surface area contributed by atoms with Gasteiger partial charge in [0.15, 0.2) is 0 Å². The molecule has 0 saturated carbocycles. The van der Waals surface area contributed by atoms with Gasteiger partial charge >= 0.3 is 0 Å².